The van der Waals surface area contributed by atoms with Crippen LogP contribution in [0.3, 0.4) is 0 Å². The normalized spacial score (nSPS) is 27.5. The van der Waals surface area contributed by atoms with Crippen molar-refractivity contribution in [1.29, 1.82) is 0 Å². The third-order valence-electron chi connectivity index (χ3n) is 8.03. The van der Waals surface area contributed by atoms with Gasteiger partial charge in [-0.15, -0.1) is 0 Å². The van der Waals surface area contributed by atoms with Gasteiger partial charge in [-0.3, -0.25) is 28.8 Å². The molecule has 39 heavy (non-hydrogen) atoms. The first-order chi connectivity index (χ1) is 18.4. The molecule has 2 fully saturated rings. The number of Topliss-reactive ketones (excluding diaryl/α,β-unsaturated/α-hetero) is 5. The van der Waals surface area contributed by atoms with Crippen LogP contribution in [0, 0.1) is 35.5 Å². The molecule has 2 unspecified atom stereocenters. The van der Waals surface area contributed by atoms with Crippen LogP contribution in [-0.2, 0) is 36.8 Å². The summed E-state index contributed by atoms with van der Waals surface area (Å²) in [5.41, 5.74) is 4.88. The first-order valence-electron chi connectivity index (χ1n) is 12.6. The number of nitrogens with two attached hydrogens (primary N) is 1. The highest BCUT2D eigenvalue weighted by molar-refractivity contribution is 6.31. The van der Waals surface area contributed by atoms with Crippen LogP contribution in [0.4, 0.5) is 0 Å². The number of aromatic hydroxyl groups is 1. The van der Waals surface area contributed by atoms with E-state index in [1.165, 1.54) is 13.0 Å². The van der Waals surface area contributed by atoms with Crippen molar-refractivity contribution in [2.75, 3.05) is 0 Å². The van der Waals surface area contributed by atoms with Crippen LogP contribution < -0.4 is 5.73 Å². The van der Waals surface area contributed by atoms with Crippen LogP contribution in [-0.4, -0.2) is 50.6 Å². The molecule has 5 atom stereocenters. The Kier molecular flexibility index (Phi) is 6.31. The summed E-state index contributed by atoms with van der Waals surface area (Å²) in [6, 6.07) is 10.0. The number of benzene rings is 2. The third kappa shape index (κ3) is 4.17. The molecule has 2 aromatic carbocycles. The minimum atomic E-state index is -2.68. The van der Waals surface area contributed by atoms with Gasteiger partial charge in [-0.25, -0.2) is 0 Å². The van der Waals surface area contributed by atoms with Gasteiger partial charge < -0.3 is 15.9 Å². The Bertz CT molecular complexity index is 1540. The molecule has 4 N–H and O–H groups in total. The maximum absolute atomic E-state index is 13.6. The highest BCUT2D eigenvalue weighted by atomic mass is 16.3. The molecular weight excluding hydrogens is 502 g/mol. The molecule has 0 radical (unpaired) electrons. The molecule has 3 aliphatic carbocycles. The minimum absolute atomic E-state index is 0.0151. The van der Waals surface area contributed by atoms with E-state index in [2.05, 4.69) is 11.8 Å². The number of primary amides is 1. The number of hydrogen-bond donors (Lipinski definition) is 3. The van der Waals surface area contributed by atoms with Gasteiger partial charge in [-0.2, -0.15) is 0 Å². The van der Waals surface area contributed by atoms with Crippen molar-refractivity contribution in [3.8, 4) is 17.6 Å². The summed E-state index contributed by atoms with van der Waals surface area (Å²) in [5.74, 6) is -4.45. The van der Waals surface area contributed by atoms with Crippen LogP contribution >= 0.6 is 0 Å². The summed E-state index contributed by atoms with van der Waals surface area (Å²) < 4.78 is 0. The quantitative estimate of drug-likeness (QED) is 0.390. The summed E-state index contributed by atoms with van der Waals surface area (Å²) in [4.78, 5) is 75.7. The van der Waals surface area contributed by atoms with Crippen molar-refractivity contribution >= 4 is 34.8 Å². The summed E-state index contributed by atoms with van der Waals surface area (Å²) in [7, 11) is 0. The molecule has 0 aromatic heterocycles. The van der Waals surface area contributed by atoms with Gasteiger partial charge in [0.1, 0.15) is 11.5 Å². The lowest BCUT2D eigenvalue weighted by atomic mass is 9.53. The zero-order valence-corrected chi connectivity index (χ0v) is 21.0. The van der Waals surface area contributed by atoms with E-state index in [-0.39, 0.29) is 29.9 Å². The SMILES string of the molecule is CC(=O)Cc1ccc(C#Cc2ccc(O)c3c2C[C@H]2C[C@H]4CC(=O)C(C(N)=O)C(=O)[C@@]4(O)C(=O)C2C3=O)cc1. The standard InChI is InChI=1S/C30H25NO8/c1-14(32)10-16-4-2-15(3-5-16)6-7-17-8-9-21(33)24-20(17)12-18-11-19-13-22(34)25(29(31)38)28(37)30(19,39)27(36)23(18)26(24)35/h2-5,8-9,18-19,23,25,33,39H,10-13H2,1H3,(H2,31,38)/t18-,19+,23?,25?,30+/m1/s1. The van der Waals surface area contributed by atoms with Gasteiger partial charge in [0.25, 0.3) is 0 Å². The van der Waals surface area contributed by atoms with E-state index in [0.29, 0.717) is 23.1 Å². The second-order valence-corrected chi connectivity index (χ2v) is 10.6. The fraction of sp³-hybridized carbons (Fsp3) is 0.333. The van der Waals surface area contributed by atoms with E-state index in [0.717, 1.165) is 5.56 Å². The number of phenols is 1. The first kappa shape index (κ1) is 26.2. The van der Waals surface area contributed by atoms with Crippen molar-refractivity contribution in [3.05, 3.63) is 64.2 Å². The molecule has 0 bridgehead atoms. The molecule has 198 valence electrons. The molecule has 9 nitrogen and oxygen atoms in total. The molecule has 5 rings (SSSR count). The summed E-state index contributed by atoms with van der Waals surface area (Å²) in [5, 5.41) is 21.8. The highest BCUT2D eigenvalue weighted by Gasteiger charge is 2.66. The number of ketones is 5. The lowest BCUT2D eigenvalue weighted by molar-refractivity contribution is -0.175. The van der Waals surface area contributed by atoms with Crippen LogP contribution in [0.1, 0.15) is 52.4 Å². The molecule has 2 aromatic rings. The number of amides is 1. The Morgan fingerprint density at radius 1 is 1.00 bits per heavy atom. The average molecular weight is 528 g/mol. The van der Waals surface area contributed by atoms with E-state index in [9.17, 15) is 39.0 Å². The lowest BCUT2D eigenvalue weighted by Gasteiger charge is -2.48. The molecular formula is C30H25NO8. The van der Waals surface area contributed by atoms with Crippen molar-refractivity contribution in [2.24, 2.45) is 29.4 Å². The van der Waals surface area contributed by atoms with Gasteiger partial charge in [0.15, 0.2) is 34.7 Å². The Balaban J connectivity index is 1.51. The number of fused-ring (bicyclic) bond motifs is 3. The first-order valence-corrected chi connectivity index (χ1v) is 12.6. The van der Waals surface area contributed by atoms with Crippen LogP contribution in [0.5, 0.6) is 5.75 Å². The van der Waals surface area contributed by atoms with Gasteiger partial charge in [-0.05, 0) is 61.1 Å². The maximum atomic E-state index is 13.6. The second-order valence-electron chi connectivity index (χ2n) is 10.6. The fourth-order valence-electron chi connectivity index (χ4n) is 6.22. The summed E-state index contributed by atoms with van der Waals surface area (Å²) in [6.07, 6.45) is 0.0973. The van der Waals surface area contributed by atoms with E-state index in [1.54, 1.807) is 30.3 Å². The Hall–Kier alpha value is -4.42. The Morgan fingerprint density at radius 3 is 2.33 bits per heavy atom. The smallest absolute Gasteiger partial charge is 0.235 e. The average Bonchev–Trinajstić information content (AvgIpc) is 2.86. The van der Waals surface area contributed by atoms with Crippen LogP contribution in [0.2, 0.25) is 0 Å². The summed E-state index contributed by atoms with van der Waals surface area (Å²) >= 11 is 0. The number of rotatable bonds is 3. The number of phenolic OH excluding ortho intramolecular Hbond substituents is 1. The Morgan fingerprint density at radius 2 is 1.69 bits per heavy atom. The molecule has 0 heterocycles. The predicted octanol–water partition coefficient (Wildman–Crippen LogP) is 0.858. The van der Waals surface area contributed by atoms with Gasteiger partial charge in [0.05, 0.1) is 11.5 Å². The van der Waals surface area contributed by atoms with E-state index in [1.807, 2.05) is 0 Å². The molecule has 2 saturated carbocycles. The molecule has 3 aliphatic rings. The third-order valence-corrected chi connectivity index (χ3v) is 8.03. The second kappa shape index (κ2) is 9.40. The van der Waals surface area contributed by atoms with E-state index in [4.69, 9.17) is 5.73 Å². The van der Waals surface area contributed by atoms with Crippen molar-refractivity contribution in [3.63, 3.8) is 0 Å². The van der Waals surface area contributed by atoms with Gasteiger partial charge >= 0.3 is 0 Å². The number of hydrogen-bond acceptors (Lipinski definition) is 8. The molecule has 0 aliphatic heterocycles. The summed E-state index contributed by atoms with van der Waals surface area (Å²) in [6.45, 7) is 1.51. The highest BCUT2D eigenvalue weighted by Crippen LogP contribution is 2.50. The zero-order valence-electron chi connectivity index (χ0n) is 21.0. The molecule has 9 heteroatoms. The monoisotopic (exact) mass is 527 g/mol. The van der Waals surface area contributed by atoms with Crippen molar-refractivity contribution in [1.82, 2.24) is 0 Å². The van der Waals surface area contributed by atoms with Crippen LogP contribution in [0.15, 0.2) is 36.4 Å². The molecule has 1 amide bonds. The number of carbonyl (C=O) groups excluding carboxylic acids is 6. The maximum Gasteiger partial charge on any atom is 0.235 e. The minimum Gasteiger partial charge on any atom is -0.507 e. The van der Waals surface area contributed by atoms with E-state index < -0.39 is 64.7 Å². The van der Waals surface area contributed by atoms with E-state index >= 15 is 0 Å². The topological polar surface area (TPSA) is 169 Å². The molecule has 0 spiro atoms. The zero-order chi connectivity index (χ0) is 28.2. The lowest BCUT2D eigenvalue weighted by Crippen LogP contribution is -2.68. The number of aliphatic hydroxyl groups is 1. The number of carbonyl (C=O) groups is 6. The van der Waals surface area contributed by atoms with Gasteiger partial charge in [0.2, 0.25) is 5.91 Å². The van der Waals surface area contributed by atoms with Crippen molar-refractivity contribution < 1.29 is 39.0 Å². The van der Waals surface area contributed by atoms with Crippen molar-refractivity contribution in [2.45, 2.75) is 38.2 Å². The Labute approximate surface area is 223 Å². The largest absolute Gasteiger partial charge is 0.507 e. The van der Waals surface area contributed by atoms with Crippen LogP contribution in [0.25, 0.3) is 0 Å². The van der Waals surface area contributed by atoms with Gasteiger partial charge in [0, 0.05) is 29.9 Å². The predicted molar refractivity (Wildman–Crippen MR) is 135 cm³/mol. The van der Waals surface area contributed by atoms with Gasteiger partial charge in [-0.1, -0.05) is 24.0 Å². The fourth-order valence-corrected chi connectivity index (χ4v) is 6.22. The molecule has 0 saturated heterocycles.